The number of hydrogen-bond acceptors (Lipinski definition) is 4. The second-order valence-corrected chi connectivity index (χ2v) is 5.56. The monoisotopic (exact) mass is 274 g/mol. The Morgan fingerprint density at radius 2 is 1.89 bits per heavy atom. The Bertz CT molecular complexity index is 278. The second-order valence-electron chi connectivity index (χ2n) is 4.46. The summed E-state index contributed by atoms with van der Waals surface area (Å²) in [5.74, 6) is 0.983. The first kappa shape index (κ1) is 15.3. The van der Waals surface area contributed by atoms with Gasteiger partial charge in [0.15, 0.2) is 0 Å². The summed E-state index contributed by atoms with van der Waals surface area (Å²) in [6.45, 7) is 4.85. The lowest BCUT2D eigenvalue weighted by molar-refractivity contribution is -0.139. The van der Waals surface area contributed by atoms with E-state index in [1.165, 1.54) is 0 Å². The smallest absolute Gasteiger partial charge is 0.317 e. The molecule has 0 radical (unpaired) electrons. The fourth-order valence-electron chi connectivity index (χ4n) is 1.84. The van der Waals surface area contributed by atoms with Crippen molar-refractivity contribution in [2.75, 3.05) is 44.2 Å². The number of carboxylic acid groups (broad SMARTS) is 1. The summed E-state index contributed by atoms with van der Waals surface area (Å²) in [7, 11) is 0. The van der Waals surface area contributed by atoms with Gasteiger partial charge in [-0.3, -0.25) is 14.5 Å². The van der Waals surface area contributed by atoms with E-state index in [0.29, 0.717) is 31.9 Å². The van der Waals surface area contributed by atoms with Gasteiger partial charge in [0, 0.05) is 26.2 Å². The first-order chi connectivity index (χ1) is 8.63. The van der Waals surface area contributed by atoms with E-state index in [2.05, 4.69) is 6.92 Å². The Hall–Kier alpha value is -0.750. The van der Waals surface area contributed by atoms with Crippen molar-refractivity contribution in [3.05, 3.63) is 0 Å². The minimum absolute atomic E-state index is 0.0767. The molecular formula is C12H22N2O3S. The summed E-state index contributed by atoms with van der Waals surface area (Å²) in [5.41, 5.74) is 0. The molecule has 1 fully saturated rings. The third-order valence-electron chi connectivity index (χ3n) is 2.95. The van der Waals surface area contributed by atoms with Crippen LogP contribution in [0.15, 0.2) is 0 Å². The molecular weight excluding hydrogens is 252 g/mol. The maximum atomic E-state index is 11.9. The van der Waals surface area contributed by atoms with Crippen LogP contribution < -0.4 is 0 Å². The Kier molecular flexibility index (Phi) is 7.12. The number of carbonyl (C=O) groups excluding carboxylic acids is 1. The highest BCUT2D eigenvalue weighted by Gasteiger charge is 2.21. The van der Waals surface area contributed by atoms with Crippen molar-refractivity contribution in [1.82, 2.24) is 9.80 Å². The van der Waals surface area contributed by atoms with Crippen molar-refractivity contribution in [2.45, 2.75) is 19.8 Å². The lowest BCUT2D eigenvalue weighted by atomic mass is 10.3. The van der Waals surface area contributed by atoms with Crippen molar-refractivity contribution >= 4 is 23.6 Å². The van der Waals surface area contributed by atoms with Gasteiger partial charge in [0.05, 0.1) is 12.3 Å². The van der Waals surface area contributed by atoms with Gasteiger partial charge in [0.25, 0.3) is 0 Å². The maximum absolute atomic E-state index is 11.9. The van der Waals surface area contributed by atoms with Gasteiger partial charge in [-0.15, -0.1) is 0 Å². The summed E-state index contributed by atoms with van der Waals surface area (Å²) < 4.78 is 0. The normalized spacial score (nSPS) is 16.8. The van der Waals surface area contributed by atoms with E-state index in [4.69, 9.17) is 5.11 Å². The number of rotatable bonds is 7. The Morgan fingerprint density at radius 1 is 1.22 bits per heavy atom. The van der Waals surface area contributed by atoms with Crippen LogP contribution in [0, 0.1) is 0 Å². The molecule has 0 aliphatic carbocycles. The predicted octanol–water partition coefficient (Wildman–Crippen LogP) is 0.748. The fourth-order valence-corrected chi connectivity index (χ4v) is 2.84. The van der Waals surface area contributed by atoms with Crippen LogP contribution >= 0.6 is 11.8 Å². The van der Waals surface area contributed by atoms with Crippen molar-refractivity contribution in [1.29, 1.82) is 0 Å². The Morgan fingerprint density at radius 3 is 2.44 bits per heavy atom. The molecule has 0 bridgehead atoms. The molecule has 1 aliphatic heterocycles. The molecule has 0 aromatic carbocycles. The van der Waals surface area contributed by atoms with Crippen LogP contribution in [-0.4, -0.2) is 71.0 Å². The minimum atomic E-state index is -0.801. The third kappa shape index (κ3) is 5.73. The topological polar surface area (TPSA) is 60.9 Å². The zero-order valence-electron chi connectivity index (χ0n) is 10.9. The number of carboxylic acids is 1. The average Bonchev–Trinajstić information content (AvgIpc) is 2.34. The molecule has 0 atom stereocenters. The molecule has 6 heteroatoms. The molecule has 0 saturated carbocycles. The third-order valence-corrected chi connectivity index (χ3v) is 3.98. The summed E-state index contributed by atoms with van der Waals surface area (Å²) in [5, 5.41) is 8.68. The van der Waals surface area contributed by atoms with E-state index in [0.717, 1.165) is 18.6 Å². The number of nitrogens with zero attached hydrogens (tertiary/aromatic N) is 2. The predicted molar refractivity (Wildman–Crippen MR) is 72.9 cm³/mol. The Balaban J connectivity index is 2.17. The quantitative estimate of drug-likeness (QED) is 0.694. The van der Waals surface area contributed by atoms with Gasteiger partial charge in [-0.1, -0.05) is 13.3 Å². The van der Waals surface area contributed by atoms with Gasteiger partial charge < -0.3 is 10.0 Å². The van der Waals surface area contributed by atoms with Crippen molar-refractivity contribution in [3.63, 3.8) is 0 Å². The molecule has 0 aromatic heterocycles. The standard InChI is InChI=1S/C12H22N2O3S/c1-2-3-8-18-10-11(15)14-6-4-13(5-7-14)9-12(16)17/h2-10H2,1H3,(H,16,17). The SMILES string of the molecule is CCCCSCC(=O)N1CCN(CC(=O)O)CC1. The average molecular weight is 274 g/mol. The van der Waals surface area contributed by atoms with Crippen LogP contribution in [0.25, 0.3) is 0 Å². The molecule has 0 spiro atoms. The van der Waals surface area contributed by atoms with Gasteiger partial charge in [0.1, 0.15) is 0 Å². The Labute approximate surface area is 113 Å². The molecule has 104 valence electrons. The largest absolute Gasteiger partial charge is 0.480 e. The number of aliphatic carboxylic acids is 1. The zero-order chi connectivity index (χ0) is 13.4. The van der Waals surface area contributed by atoms with Crippen LogP contribution in [0.5, 0.6) is 0 Å². The summed E-state index contributed by atoms with van der Waals surface area (Å²) in [4.78, 5) is 26.1. The van der Waals surface area contributed by atoms with Crippen molar-refractivity contribution < 1.29 is 14.7 Å². The number of unbranched alkanes of at least 4 members (excludes halogenated alkanes) is 1. The molecule has 0 unspecified atom stereocenters. The highest BCUT2D eigenvalue weighted by Crippen LogP contribution is 2.08. The van der Waals surface area contributed by atoms with Crippen molar-refractivity contribution in [3.8, 4) is 0 Å². The van der Waals surface area contributed by atoms with Gasteiger partial charge in [-0.25, -0.2) is 0 Å². The van der Waals surface area contributed by atoms with E-state index in [1.54, 1.807) is 11.8 Å². The number of piperazine rings is 1. The minimum Gasteiger partial charge on any atom is -0.480 e. The zero-order valence-corrected chi connectivity index (χ0v) is 11.7. The summed E-state index contributed by atoms with van der Waals surface area (Å²) in [6.07, 6.45) is 2.32. The molecule has 0 aromatic rings. The molecule has 1 amide bonds. The molecule has 5 nitrogen and oxygen atoms in total. The lowest BCUT2D eigenvalue weighted by Crippen LogP contribution is -2.50. The second kappa shape index (κ2) is 8.37. The van der Waals surface area contributed by atoms with Gasteiger partial charge in [0.2, 0.25) is 5.91 Å². The maximum Gasteiger partial charge on any atom is 0.317 e. The van der Waals surface area contributed by atoms with Crippen LogP contribution in [0.4, 0.5) is 0 Å². The first-order valence-corrected chi connectivity index (χ1v) is 7.58. The van der Waals surface area contributed by atoms with E-state index in [9.17, 15) is 9.59 Å². The van der Waals surface area contributed by atoms with E-state index in [-0.39, 0.29) is 12.5 Å². The van der Waals surface area contributed by atoms with Gasteiger partial charge in [-0.2, -0.15) is 11.8 Å². The fraction of sp³-hybridized carbons (Fsp3) is 0.833. The summed E-state index contributed by atoms with van der Waals surface area (Å²) in [6, 6.07) is 0. The first-order valence-electron chi connectivity index (χ1n) is 6.43. The molecule has 1 heterocycles. The van der Waals surface area contributed by atoms with Crippen LogP contribution in [0.2, 0.25) is 0 Å². The van der Waals surface area contributed by atoms with Crippen molar-refractivity contribution in [2.24, 2.45) is 0 Å². The number of carbonyl (C=O) groups is 2. The van der Waals surface area contributed by atoms with Gasteiger partial charge in [-0.05, 0) is 12.2 Å². The number of hydrogen-bond donors (Lipinski definition) is 1. The lowest BCUT2D eigenvalue weighted by Gasteiger charge is -2.33. The highest BCUT2D eigenvalue weighted by atomic mass is 32.2. The highest BCUT2D eigenvalue weighted by molar-refractivity contribution is 7.99. The molecule has 1 aliphatic rings. The van der Waals surface area contributed by atoms with Crippen LogP contribution in [0.3, 0.4) is 0 Å². The molecule has 18 heavy (non-hydrogen) atoms. The van der Waals surface area contributed by atoms with E-state index < -0.39 is 5.97 Å². The summed E-state index contributed by atoms with van der Waals surface area (Å²) >= 11 is 1.69. The van der Waals surface area contributed by atoms with Gasteiger partial charge >= 0.3 is 5.97 Å². The van der Waals surface area contributed by atoms with Crippen LogP contribution in [0.1, 0.15) is 19.8 Å². The molecule has 1 saturated heterocycles. The molecule has 1 rings (SSSR count). The number of thioether (sulfide) groups is 1. The number of amides is 1. The van der Waals surface area contributed by atoms with E-state index in [1.807, 2.05) is 9.80 Å². The van der Waals surface area contributed by atoms with Crippen LogP contribution in [-0.2, 0) is 9.59 Å². The molecule has 1 N–H and O–H groups in total. The van der Waals surface area contributed by atoms with E-state index >= 15 is 0 Å².